The highest BCUT2D eigenvalue weighted by Gasteiger charge is 2.24. The number of nitrogens with two attached hydrogens (primary N) is 1. The smallest absolute Gasteiger partial charge is 0.231 e. The molecule has 2 N–H and O–H groups in total. The molecule has 1 rings (SSSR count). The van der Waals surface area contributed by atoms with Crippen molar-refractivity contribution in [2.24, 2.45) is 11.1 Å². The molecule has 1 aliphatic rings. The van der Waals surface area contributed by atoms with Crippen molar-refractivity contribution in [2.75, 3.05) is 13.1 Å². The van der Waals surface area contributed by atoms with Crippen LogP contribution in [0.5, 0.6) is 0 Å². The number of primary amides is 1. The van der Waals surface area contributed by atoms with Gasteiger partial charge in [0, 0.05) is 6.04 Å². The normalized spacial score (nSPS) is 17.0. The lowest BCUT2D eigenvalue weighted by Crippen LogP contribution is -2.40. The molecule has 1 saturated carbocycles. The molecule has 0 aromatic carbocycles. The van der Waals surface area contributed by atoms with Gasteiger partial charge < -0.3 is 5.73 Å². The first-order valence-corrected chi connectivity index (χ1v) is 6.88. The molecule has 1 fully saturated rings. The van der Waals surface area contributed by atoms with Crippen LogP contribution in [0.2, 0.25) is 0 Å². The number of hydrogen-bond acceptors (Lipinski definition) is 3. The molecule has 0 saturated heterocycles. The lowest BCUT2D eigenvalue weighted by atomic mass is 9.89. The fraction of sp³-hybridized carbons (Fsp3) is 0.857. The van der Waals surface area contributed by atoms with E-state index in [4.69, 9.17) is 11.0 Å². The van der Waals surface area contributed by atoms with Crippen molar-refractivity contribution in [3.63, 3.8) is 0 Å². The molecule has 1 aliphatic carbocycles. The summed E-state index contributed by atoms with van der Waals surface area (Å²) < 4.78 is 0. The van der Waals surface area contributed by atoms with Crippen LogP contribution in [0.3, 0.4) is 0 Å². The highest BCUT2D eigenvalue weighted by molar-refractivity contribution is 5.75. The maximum absolute atomic E-state index is 11.1. The minimum Gasteiger partial charge on any atom is -0.369 e. The van der Waals surface area contributed by atoms with Gasteiger partial charge in [-0.25, -0.2) is 0 Å². The average molecular weight is 251 g/mol. The number of nitrogens with zero attached hydrogens (tertiary/aromatic N) is 2. The molecule has 18 heavy (non-hydrogen) atoms. The van der Waals surface area contributed by atoms with Gasteiger partial charge >= 0.3 is 0 Å². The van der Waals surface area contributed by atoms with Crippen LogP contribution in [0.1, 0.15) is 52.4 Å². The molecule has 0 bridgehead atoms. The van der Waals surface area contributed by atoms with E-state index in [9.17, 15) is 4.79 Å². The second-order valence-corrected chi connectivity index (χ2v) is 5.97. The van der Waals surface area contributed by atoms with E-state index in [0.717, 1.165) is 19.4 Å². The third-order valence-corrected chi connectivity index (χ3v) is 3.75. The number of carbonyl (C=O) groups is 1. The molecular weight excluding hydrogens is 226 g/mol. The van der Waals surface area contributed by atoms with Crippen molar-refractivity contribution in [3.8, 4) is 6.07 Å². The lowest BCUT2D eigenvalue weighted by molar-refractivity contribution is -0.119. The predicted octanol–water partition coefficient (Wildman–Crippen LogP) is 2.05. The van der Waals surface area contributed by atoms with Gasteiger partial charge in [-0.2, -0.15) is 5.26 Å². The SMILES string of the molecule is CC(C)(C#N)CCCN(CC(N)=O)C1CCCC1. The van der Waals surface area contributed by atoms with Crippen molar-refractivity contribution < 1.29 is 4.79 Å². The molecule has 0 atom stereocenters. The predicted molar refractivity (Wildman–Crippen MR) is 71.7 cm³/mol. The van der Waals surface area contributed by atoms with Crippen molar-refractivity contribution in [1.29, 1.82) is 5.26 Å². The maximum Gasteiger partial charge on any atom is 0.231 e. The summed E-state index contributed by atoms with van der Waals surface area (Å²) in [6, 6.07) is 2.83. The molecule has 0 heterocycles. The molecule has 0 aromatic rings. The van der Waals surface area contributed by atoms with Crippen LogP contribution in [0.4, 0.5) is 0 Å². The number of carbonyl (C=O) groups excluding carboxylic acids is 1. The van der Waals surface area contributed by atoms with Gasteiger partial charge in [-0.05, 0) is 46.1 Å². The minimum absolute atomic E-state index is 0.249. The zero-order valence-electron chi connectivity index (χ0n) is 11.6. The lowest BCUT2D eigenvalue weighted by Gasteiger charge is -2.28. The van der Waals surface area contributed by atoms with E-state index in [1.54, 1.807) is 0 Å². The van der Waals surface area contributed by atoms with Crippen molar-refractivity contribution in [3.05, 3.63) is 0 Å². The largest absolute Gasteiger partial charge is 0.369 e. The van der Waals surface area contributed by atoms with Gasteiger partial charge in [0.15, 0.2) is 0 Å². The quantitative estimate of drug-likeness (QED) is 0.752. The van der Waals surface area contributed by atoms with Crippen LogP contribution < -0.4 is 5.73 Å². The summed E-state index contributed by atoms with van der Waals surface area (Å²) in [6.07, 6.45) is 6.67. The second kappa shape index (κ2) is 6.75. The standard InChI is InChI=1S/C14H25N3O/c1-14(2,11-15)8-5-9-17(10-13(16)18)12-6-3-4-7-12/h12H,3-10H2,1-2H3,(H2,16,18). The van der Waals surface area contributed by atoms with Crippen molar-refractivity contribution in [1.82, 2.24) is 4.90 Å². The van der Waals surface area contributed by atoms with Gasteiger partial charge in [-0.15, -0.1) is 0 Å². The Balaban J connectivity index is 2.41. The summed E-state index contributed by atoms with van der Waals surface area (Å²) in [7, 11) is 0. The Labute approximate surface area is 110 Å². The fourth-order valence-electron chi connectivity index (χ4n) is 2.64. The van der Waals surface area contributed by atoms with E-state index < -0.39 is 0 Å². The number of amides is 1. The number of nitriles is 1. The van der Waals surface area contributed by atoms with Gasteiger partial charge in [0.25, 0.3) is 0 Å². The van der Waals surface area contributed by atoms with Crippen LogP contribution in [0, 0.1) is 16.7 Å². The molecule has 0 unspecified atom stereocenters. The molecular formula is C14H25N3O. The highest BCUT2D eigenvalue weighted by atomic mass is 16.1. The Morgan fingerprint density at radius 1 is 1.44 bits per heavy atom. The first-order valence-electron chi connectivity index (χ1n) is 6.88. The summed E-state index contributed by atoms with van der Waals surface area (Å²) in [5.74, 6) is -0.249. The number of hydrogen-bond donors (Lipinski definition) is 1. The van der Waals surface area contributed by atoms with E-state index in [0.29, 0.717) is 12.6 Å². The molecule has 4 heteroatoms. The van der Waals surface area contributed by atoms with Crippen LogP contribution in [-0.2, 0) is 4.79 Å². The summed E-state index contributed by atoms with van der Waals surface area (Å²) in [5.41, 5.74) is 5.04. The number of rotatable bonds is 7. The van der Waals surface area contributed by atoms with Gasteiger partial charge in [0.2, 0.25) is 5.91 Å². The van der Waals surface area contributed by atoms with Crippen molar-refractivity contribution in [2.45, 2.75) is 58.4 Å². The van der Waals surface area contributed by atoms with E-state index >= 15 is 0 Å². The van der Waals surface area contributed by atoms with Gasteiger partial charge in [0.05, 0.1) is 18.0 Å². The molecule has 0 radical (unpaired) electrons. The maximum atomic E-state index is 11.1. The molecule has 0 aromatic heterocycles. The summed E-state index contributed by atoms with van der Waals surface area (Å²) >= 11 is 0. The molecule has 0 spiro atoms. The van der Waals surface area contributed by atoms with E-state index in [1.807, 2.05) is 13.8 Å². The third-order valence-electron chi connectivity index (χ3n) is 3.75. The minimum atomic E-state index is -0.270. The fourth-order valence-corrected chi connectivity index (χ4v) is 2.64. The van der Waals surface area contributed by atoms with Gasteiger partial charge in [0.1, 0.15) is 0 Å². The Bertz CT molecular complexity index is 313. The Morgan fingerprint density at radius 3 is 2.56 bits per heavy atom. The first kappa shape index (κ1) is 15.0. The van der Waals surface area contributed by atoms with Crippen molar-refractivity contribution >= 4 is 5.91 Å². The Kier molecular flexibility index (Phi) is 5.61. The van der Waals surface area contributed by atoms with Crippen LogP contribution >= 0.6 is 0 Å². The van der Waals surface area contributed by atoms with Gasteiger partial charge in [-0.3, -0.25) is 9.69 Å². The van der Waals surface area contributed by atoms with Gasteiger partial charge in [-0.1, -0.05) is 12.8 Å². The van der Waals surface area contributed by atoms with Crippen LogP contribution in [0.25, 0.3) is 0 Å². The Morgan fingerprint density at radius 2 is 2.06 bits per heavy atom. The zero-order chi connectivity index (χ0) is 13.6. The van der Waals surface area contributed by atoms with Crippen LogP contribution in [0.15, 0.2) is 0 Å². The highest BCUT2D eigenvalue weighted by Crippen LogP contribution is 2.25. The topological polar surface area (TPSA) is 70.1 Å². The second-order valence-electron chi connectivity index (χ2n) is 5.97. The summed E-state index contributed by atoms with van der Waals surface area (Å²) in [5, 5.41) is 8.98. The molecule has 1 amide bonds. The Hall–Kier alpha value is -1.08. The average Bonchev–Trinajstić information content (AvgIpc) is 2.80. The van der Waals surface area contributed by atoms with E-state index in [2.05, 4.69) is 11.0 Å². The first-order chi connectivity index (χ1) is 8.44. The van der Waals surface area contributed by atoms with E-state index in [1.165, 1.54) is 25.7 Å². The summed E-state index contributed by atoms with van der Waals surface area (Å²) in [4.78, 5) is 13.3. The van der Waals surface area contributed by atoms with Crippen LogP contribution in [-0.4, -0.2) is 29.9 Å². The monoisotopic (exact) mass is 251 g/mol. The molecule has 102 valence electrons. The third kappa shape index (κ3) is 5.05. The molecule has 0 aliphatic heterocycles. The van der Waals surface area contributed by atoms with E-state index in [-0.39, 0.29) is 11.3 Å². The molecule has 4 nitrogen and oxygen atoms in total. The summed E-state index contributed by atoms with van der Waals surface area (Å²) in [6.45, 7) is 5.15. The zero-order valence-corrected chi connectivity index (χ0v) is 11.6.